The molecule has 3 nitrogen and oxygen atoms in total. The van der Waals surface area contributed by atoms with Crippen LogP contribution in [0.25, 0.3) is 10.8 Å². The molecular weight excluding hydrogens is 270 g/mol. The average Bonchev–Trinajstić information content (AvgIpc) is 2.30. The third kappa shape index (κ3) is 2.83. The zero-order valence-corrected chi connectivity index (χ0v) is 11.8. The molecule has 0 aliphatic heterocycles. The van der Waals surface area contributed by atoms with E-state index >= 15 is 0 Å². The first-order chi connectivity index (χ1) is 8.41. The predicted molar refractivity (Wildman–Crippen MR) is 75.4 cm³/mol. The van der Waals surface area contributed by atoms with Gasteiger partial charge >= 0.3 is 0 Å². The van der Waals surface area contributed by atoms with E-state index in [4.69, 9.17) is 11.6 Å². The Morgan fingerprint density at radius 1 is 1.17 bits per heavy atom. The molecule has 0 radical (unpaired) electrons. The Hall–Kier alpha value is -1.10. The number of hydrogen-bond donors (Lipinski definition) is 1. The summed E-state index contributed by atoms with van der Waals surface area (Å²) < 4.78 is 25.5. The molecule has 0 fully saturated rings. The maximum absolute atomic E-state index is 11.6. The van der Waals surface area contributed by atoms with Crippen LogP contribution in [0.5, 0.6) is 0 Å². The number of aryl methyl sites for hydroxylation is 1. The van der Waals surface area contributed by atoms with Crippen molar-refractivity contribution in [3.05, 3.63) is 46.5 Å². The second-order valence-corrected chi connectivity index (χ2v) is 6.60. The summed E-state index contributed by atoms with van der Waals surface area (Å²) in [7, 11) is -1.84. The van der Waals surface area contributed by atoms with E-state index in [0.717, 1.165) is 21.9 Å². The van der Waals surface area contributed by atoms with Gasteiger partial charge in [0.1, 0.15) is 0 Å². The van der Waals surface area contributed by atoms with Gasteiger partial charge in [0.25, 0.3) is 0 Å². The molecule has 0 spiro atoms. The van der Waals surface area contributed by atoms with E-state index in [1.54, 1.807) is 0 Å². The highest BCUT2D eigenvalue weighted by Gasteiger charge is 2.11. The topological polar surface area (TPSA) is 46.2 Å². The highest BCUT2D eigenvalue weighted by molar-refractivity contribution is 7.88. The minimum absolute atomic E-state index is 0.0161. The molecule has 2 aromatic carbocycles. The summed E-state index contributed by atoms with van der Waals surface area (Å²) in [5, 5.41) is 2.66. The zero-order valence-electron chi connectivity index (χ0n) is 10.2. The van der Waals surface area contributed by atoms with Crippen LogP contribution < -0.4 is 4.72 Å². The van der Waals surface area contributed by atoms with Crippen molar-refractivity contribution in [3.63, 3.8) is 0 Å². The number of benzene rings is 2. The summed E-state index contributed by atoms with van der Waals surface area (Å²) in [4.78, 5) is 0. The molecule has 1 N–H and O–H groups in total. The lowest BCUT2D eigenvalue weighted by Crippen LogP contribution is -2.20. The first-order valence-electron chi connectivity index (χ1n) is 5.51. The van der Waals surface area contributed by atoms with E-state index in [1.807, 2.05) is 37.3 Å². The summed E-state index contributed by atoms with van der Waals surface area (Å²) in [6, 6.07) is 9.46. The van der Waals surface area contributed by atoms with Crippen LogP contribution in [0.3, 0.4) is 0 Å². The van der Waals surface area contributed by atoms with E-state index in [-0.39, 0.29) is 5.75 Å². The fraction of sp³-hybridized carbons (Fsp3) is 0.231. The van der Waals surface area contributed by atoms with Gasteiger partial charge in [0.05, 0.1) is 5.75 Å². The maximum Gasteiger partial charge on any atom is 0.215 e. The molecule has 18 heavy (non-hydrogen) atoms. The van der Waals surface area contributed by atoms with E-state index in [2.05, 4.69) is 4.72 Å². The van der Waals surface area contributed by atoms with Crippen molar-refractivity contribution in [2.24, 2.45) is 0 Å². The second-order valence-electron chi connectivity index (χ2n) is 4.23. The Morgan fingerprint density at radius 3 is 2.56 bits per heavy atom. The number of rotatable bonds is 3. The quantitative estimate of drug-likeness (QED) is 0.941. The Balaban J connectivity index is 2.55. The zero-order chi connectivity index (χ0) is 13.3. The number of hydrogen-bond acceptors (Lipinski definition) is 2. The Labute approximate surface area is 112 Å². The molecule has 2 aromatic rings. The van der Waals surface area contributed by atoms with Gasteiger partial charge in [-0.25, -0.2) is 13.1 Å². The largest absolute Gasteiger partial charge is 0.218 e. The van der Waals surface area contributed by atoms with E-state index in [9.17, 15) is 8.42 Å². The van der Waals surface area contributed by atoms with Crippen LogP contribution in [0, 0.1) is 6.92 Å². The predicted octanol–water partition coefficient (Wildman–Crippen LogP) is 2.85. The molecule has 0 aliphatic carbocycles. The average molecular weight is 284 g/mol. The lowest BCUT2D eigenvalue weighted by molar-refractivity contribution is 0.587. The van der Waals surface area contributed by atoms with Crippen LogP contribution in [0.1, 0.15) is 11.1 Å². The van der Waals surface area contributed by atoms with Gasteiger partial charge in [0.2, 0.25) is 10.0 Å². The van der Waals surface area contributed by atoms with E-state index < -0.39 is 10.0 Å². The fourth-order valence-corrected chi connectivity index (χ4v) is 2.91. The molecule has 0 bridgehead atoms. The molecule has 0 heterocycles. The van der Waals surface area contributed by atoms with Gasteiger partial charge in [-0.05, 0) is 54.1 Å². The van der Waals surface area contributed by atoms with Crippen molar-refractivity contribution >= 4 is 32.4 Å². The smallest absolute Gasteiger partial charge is 0.215 e. The highest BCUT2D eigenvalue weighted by atomic mass is 35.5. The molecule has 0 aromatic heterocycles. The number of fused-ring (bicyclic) bond motifs is 1. The number of halogens is 1. The van der Waals surface area contributed by atoms with Crippen molar-refractivity contribution in [1.82, 2.24) is 4.72 Å². The van der Waals surface area contributed by atoms with Crippen LogP contribution in [-0.2, 0) is 15.8 Å². The SMILES string of the molecule is CNS(=O)(=O)Cc1cc2cc(Cl)ccc2cc1C. The first-order valence-corrected chi connectivity index (χ1v) is 7.54. The number of nitrogens with one attached hydrogen (secondary N) is 1. The lowest BCUT2D eigenvalue weighted by atomic mass is 10.0. The van der Waals surface area contributed by atoms with Crippen molar-refractivity contribution in [3.8, 4) is 0 Å². The van der Waals surface area contributed by atoms with E-state index in [0.29, 0.717) is 5.02 Å². The van der Waals surface area contributed by atoms with Crippen LogP contribution >= 0.6 is 11.6 Å². The third-order valence-electron chi connectivity index (χ3n) is 2.91. The molecule has 0 unspecified atom stereocenters. The fourth-order valence-electron chi connectivity index (χ4n) is 1.86. The molecule has 0 saturated carbocycles. The van der Waals surface area contributed by atoms with Crippen LogP contribution in [0.15, 0.2) is 30.3 Å². The monoisotopic (exact) mass is 283 g/mol. The molecule has 0 atom stereocenters. The summed E-state index contributed by atoms with van der Waals surface area (Å²) >= 11 is 5.94. The minimum atomic E-state index is -3.26. The molecule has 96 valence electrons. The highest BCUT2D eigenvalue weighted by Crippen LogP contribution is 2.24. The van der Waals surface area contributed by atoms with E-state index in [1.165, 1.54) is 7.05 Å². The summed E-state index contributed by atoms with van der Waals surface area (Å²) in [5.74, 6) is -0.0161. The summed E-state index contributed by atoms with van der Waals surface area (Å²) in [6.07, 6.45) is 0. The third-order valence-corrected chi connectivity index (χ3v) is 4.46. The maximum atomic E-state index is 11.6. The molecule has 0 saturated heterocycles. The Morgan fingerprint density at radius 2 is 1.89 bits per heavy atom. The number of sulfonamides is 1. The van der Waals surface area contributed by atoms with Gasteiger partial charge in [-0.1, -0.05) is 23.7 Å². The standard InChI is InChI=1S/C13H14ClNO2S/c1-9-5-10-3-4-13(14)7-11(10)6-12(9)8-18(16,17)15-2/h3-7,15H,8H2,1-2H3. The van der Waals surface area contributed by atoms with Gasteiger partial charge < -0.3 is 0 Å². The molecule has 0 amide bonds. The van der Waals surface area contributed by atoms with Crippen molar-refractivity contribution in [2.45, 2.75) is 12.7 Å². The Bertz CT molecular complexity index is 695. The first kappa shape index (κ1) is 13.3. The van der Waals surface area contributed by atoms with Gasteiger partial charge in [0, 0.05) is 5.02 Å². The van der Waals surface area contributed by atoms with Crippen LogP contribution in [0.2, 0.25) is 5.02 Å². The van der Waals surface area contributed by atoms with Crippen LogP contribution in [-0.4, -0.2) is 15.5 Å². The summed E-state index contributed by atoms with van der Waals surface area (Å²) in [6.45, 7) is 1.91. The normalized spacial score (nSPS) is 11.9. The molecule has 0 aliphatic rings. The van der Waals surface area contributed by atoms with Crippen molar-refractivity contribution in [2.75, 3.05) is 7.05 Å². The second kappa shape index (κ2) is 4.88. The van der Waals surface area contributed by atoms with Gasteiger partial charge in [-0.15, -0.1) is 0 Å². The Kier molecular flexibility index (Phi) is 3.61. The minimum Gasteiger partial charge on any atom is -0.218 e. The summed E-state index contributed by atoms with van der Waals surface area (Å²) in [5.41, 5.74) is 1.75. The molecular formula is C13H14ClNO2S. The van der Waals surface area contributed by atoms with Gasteiger partial charge in [-0.3, -0.25) is 0 Å². The van der Waals surface area contributed by atoms with Crippen molar-refractivity contribution in [1.29, 1.82) is 0 Å². The lowest BCUT2D eigenvalue weighted by Gasteiger charge is -2.09. The molecule has 2 rings (SSSR count). The van der Waals surface area contributed by atoms with Gasteiger partial charge in [-0.2, -0.15) is 0 Å². The van der Waals surface area contributed by atoms with Crippen LogP contribution in [0.4, 0.5) is 0 Å². The van der Waals surface area contributed by atoms with Gasteiger partial charge in [0.15, 0.2) is 0 Å². The van der Waals surface area contributed by atoms with Crippen molar-refractivity contribution < 1.29 is 8.42 Å². The molecule has 5 heteroatoms.